The molecule has 0 unspecified atom stereocenters. The normalized spacial score (nSPS) is 21.8. The van der Waals surface area contributed by atoms with Gasteiger partial charge in [0.1, 0.15) is 0 Å². The number of hydrogen-bond donors (Lipinski definition) is 0. The van der Waals surface area contributed by atoms with Gasteiger partial charge in [-0.1, -0.05) is 154 Å². The number of allylic oxidation sites excluding steroid dienone is 2. The minimum atomic E-state index is -2.62. The first-order chi connectivity index (χ1) is 18.5. The molecule has 0 spiro atoms. The van der Waals surface area contributed by atoms with Gasteiger partial charge >= 0.3 is 0 Å². The molecule has 0 saturated heterocycles. The molecule has 8 heteroatoms. The summed E-state index contributed by atoms with van der Waals surface area (Å²) in [6.45, 7) is 47.3. The summed E-state index contributed by atoms with van der Waals surface area (Å²) in [5.74, 6) is 0. The molecule has 0 bridgehead atoms. The van der Waals surface area contributed by atoms with Crippen LogP contribution in [0.2, 0.25) is 118 Å². The average Bonchev–Trinajstić information content (AvgIpc) is 2.68. The van der Waals surface area contributed by atoms with Gasteiger partial charge in [-0.3, -0.25) is 0 Å². The lowest BCUT2D eigenvalue weighted by Gasteiger charge is -2.47. The zero-order valence-corrected chi connectivity index (χ0v) is 37.7. The van der Waals surface area contributed by atoms with Crippen LogP contribution in [0.5, 0.6) is 0 Å². The molecule has 1 heterocycles. The van der Waals surface area contributed by atoms with Crippen molar-refractivity contribution < 1.29 is 5.80 Å². The van der Waals surface area contributed by atoms with Crippen LogP contribution in [0.15, 0.2) is 35.7 Å². The van der Waals surface area contributed by atoms with E-state index in [9.17, 15) is 0 Å². The van der Waals surface area contributed by atoms with Crippen LogP contribution in [0, 0.1) is 0 Å². The molecule has 0 radical (unpaired) electrons. The molecule has 0 amide bonds. The minimum Gasteiger partial charge on any atom is -0.408 e. The van der Waals surface area contributed by atoms with E-state index in [1.807, 2.05) is 7.11 Å². The Morgan fingerprint density at radius 2 is 0.854 bits per heavy atom. The van der Waals surface area contributed by atoms with Gasteiger partial charge in [0, 0.05) is 56.9 Å². The van der Waals surface area contributed by atoms with Crippen molar-refractivity contribution in [2.24, 2.45) is 0 Å². The summed E-state index contributed by atoms with van der Waals surface area (Å²) in [5, 5.41) is 3.59. The summed E-state index contributed by atoms with van der Waals surface area (Å²) in [4.78, 5) is 0. The molecule has 0 aromatic heterocycles. The van der Waals surface area contributed by atoms with Crippen LogP contribution in [-0.2, 0) is 4.43 Å². The molecule has 2 rings (SSSR count). The fourth-order valence-corrected chi connectivity index (χ4v) is 51.3. The Bertz CT molecular complexity index is 1060. The summed E-state index contributed by atoms with van der Waals surface area (Å²) in [7, 11) is -10.2. The zero-order valence-electron chi connectivity index (χ0n) is 31.7. The molecular formula is C33H68OSi7. The maximum Gasteiger partial charge on any atom is 0.273 e. The first-order valence-electron chi connectivity index (χ1n) is 16.6. The van der Waals surface area contributed by atoms with E-state index in [0.29, 0.717) is 15.5 Å². The maximum atomic E-state index is 8.52. The molecule has 0 aliphatic carbocycles. The van der Waals surface area contributed by atoms with Crippen molar-refractivity contribution in [2.45, 2.75) is 140 Å². The predicted octanol–water partition coefficient (Wildman–Crippen LogP) is 10.6. The average molecular weight is 679 g/mol. The van der Waals surface area contributed by atoms with Crippen LogP contribution < -0.4 is 5.19 Å². The van der Waals surface area contributed by atoms with Crippen LogP contribution in [0.25, 0.3) is 0 Å². The van der Waals surface area contributed by atoms with Gasteiger partial charge < -0.3 is 4.43 Å². The molecule has 1 aromatic rings. The summed E-state index contributed by atoms with van der Waals surface area (Å²) in [6, 6.07) is 5.57. The molecule has 0 saturated carbocycles. The quantitative estimate of drug-likeness (QED) is 0.212. The van der Waals surface area contributed by atoms with E-state index >= 15 is 0 Å². The number of benzene rings is 1. The van der Waals surface area contributed by atoms with E-state index in [4.69, 9.17) is 5.80 Å². The fourth-order valence-electron chi connectivity index (χ4n) is 9.47. The van der Waals surface area contributed by atoms with E-state index in [0.717, 1.165) is 0 Å². The zero-order chi connectivity index (χ0) is 33.1. The highest BCUT2D eigenvalue weighted by Crippen LogP contribution is 2.45. The molecule has 1 aliphatic rings. The topological polar surface area (TPSA) is 9.23 Å². The SMILES string of the molecule is [2H]C1C=C[Si](OC)(c2c(C([Si](C)(C)C)[Si](C)(C)C)cc(C([Si](C)(C)C)[Si](C)(C)C)cc2C([Si](C)(C)C)[Si](C)(C)C)C=C1. The van der Waals surface area contributed by atoms with Crippen molar-refractivity contribution in [1.82, 2.24) is 0 Å². The second-order valence-corrected chi connectivity index (χ2v) is 56.2. The molecule has 0 atom stereocenters. The standard InChI is InChI=1S/C33H68OSi7/c1-34-41(23-21-20-22-24-41)30-28(32(37(8,9)10)38(11,12)13)25-27(31(35(2,3)4)36(5,6)7)26-29(30)33(39(14,15)16)40(17,18)19/h21-26,31-33H,20H2,1-19H3/i20D. The predicted molar refractivity (Wildman–Crippen MR) is 210 cm³/mol. The summed E-state index contributed by atoms with van der Waals surface area (Å²) < 4.78 is 15.4. The van der Waals surface area contributed by atoms with Crippen molar-refractivity contribution >= 4 is 61.9 Å². The number of rotatable bonds is 11. The van der Waals surface area contributed by atoms with Crippen LogP contribution in [-0.4, -0.2) is 63.9 Å². The second kappa shape index (κ2) is 12.2. The first kappa shape index (κ1) is 35.7. The fraction of sp³-hybridized carbons (Fsp3) is 0.697. The Balaban J connectivity index is 3.44. The molecule has 234 valence electrons. The minimum absolute atomic E-state index is 0.273. The Hall–Kier alpha value is 0.178. The van der Waals surface area contributed by atoms with Crippen molar-refractivity contribution in [1.29, 1.82) is 0 Å². The van der Waals surface area contributed by atoms with Gasteiger partial charge in [-0.2, -0.15) is 0 Å². The largest absolute Gasteiger partial charge is 0.408 e. The van der Waals surface area contributed by atoms with Gasteiger partial charge in [0.15, 0.2) is 0 Å². The van der Waals surface area contributed by atoms with E-state index in [-0.39, 0.29) is 6.40 Å². The van der Waals surface area contributed by atoms with Gasteiger partial charge in [0.05, 0.1) is 0 Å². The molecule has 1 aliphatic heterocycles. The van der Waals surface area contributed by atoms with Gasteiger partial charge in [-0.05, 0) is 43.8 Å². The lowest BCUT2D eigenvalue weighted by molar-refractivity contribution is 0.424. The highest BCUT2D eigenvalue weighted by Gasteiger charge is 2.50. The molecule has 1 aromatic carbocycles. The highest BCUT2D eigenvalue weighted by atomic mass is 28.4. The van der Waals surface area contributed by atoms with Crippen LogP contribution in [0.4, 0.5) is 0 Å². The highest BCUT2D eigenvalue weighted by molar-refractivity contribution is 7.01. The summed E-state index contributed by atoms with van der Waals surface area (Å²) in [6.07, 6.45) is 3.98. The molecule has 41 heavy (non-hydrogen) atoms. The maximum absolute atomic E-state index is 8.52. The van der Waals surface area contributed by atoms with E-state index in [1.165, 1.54) is 0 Å². The lowest BCUT2D eigenvalue weighted by atomic mass is 10.1. The third-order valence-electron chi connectivity index (χ3n) is 9.01. The lowest BCUT2D eigenvalue weighted by Crippen LogP contribution is -2.59. The van der Waals surface area contributed by atoms with Crippen LogP contribution in [0.3, 0.4) is 0 Å². The van der Waals surface area contributed by atoms with Gasteiger partial charge in [-0.25, -0.2) is 0 Å². The van der Waals surface area contributed by atoms with Crippen molar-refractivity contribution in [2.75, 3.05) is 7.11 Å². The Morgan fingerprint density at radius 1 is 0.561 bits per heavy atom. The van der Waals surface area contributed by atoms with Crippen molar-refractivity contribution in [3.63, 3.8) is 0 Å². The smallest absolute Gasteiger partial charge is 0.273 e. The van der Waals surface area contributed by atoms with Crippen molar-refractivity contribution in [3.05, 3.63) is 52.4 Å². The van der Waals surface area contributed by atoms with Gasteiger partial charge in [0.2, 0.25) is 0 Å². The number of hydrogen-bond acceptors (Lipinski definition) is 1. The monoisotopic (exact) mass is 677 g/mol. The molecule has 1 nitrogen and oxygen atoms in total. The van der Waals surface area contributed by atoms with Gasteiger partial charge in [0.25, 0.3) is 8.32 Å². The second-order valence-electron chi connectivity index (χ2n) is 19.5. The van der Waals surface area contributed by atoms with Crippen molar-refractivity contribution in [3.8, 4) is 0 Å². The first-order valence-corrected chi connectivity index (χ1v) is 39.6. The molecule has 0 N–H and O–H groups in total. The summed E-state index contributed by atoms with van der Waals surface area (Å²) in [5.41, 5.74) is 9.80. The van der Waals surface area contributed by atoms with Crippen LogP contribution >= 0.6 is 0 Å². The van der Waals surface area contributed by atoms with E-state index in [1.54, 1.807) is 21.9 Å². The third kappa shape index (κ3) is 8.46. The van der Waals surface area contributed by atoms with Gasteiger partial charge in [-0.15, -0.1) is 0 Å². The third-order valence-corrected chi connectivity index (χ3v) is 40.3. The molecular weight excluding hydrogens is 609 g/mol. The van der Waals surface area contributed by atoms with Crippen LogP contribution in [0.1, 0.15) is 40.0 Å². The Kier molecular flexibility index (Phi) is 10.6. The Labute approximate surface area is 265 Å². The van der Waals surface area contributed by atoms with E-state index in [2.05, 4.69) is 154 Å². The van der Waals surface area contributed by atoms with E-state index < -0.39 is 56.8 Å². The Morgan fingerprint density at radius 3 is 1.10 bits per heavy atom. The summed E-state index contributed by atoms with van der Waals surface area (Å²) >= 11 is 0. The molecule has 0 fully saturated rings.